The molecular formula is C19H21N3O4S. The van der Waals surface area contributed by atoms with Crippen molar-refractivity contribution in [1.82, 2.24) is 10.6 Å². The van der Waals surface area contributed by atoms with Crippen molar-refractivity contribution in [3.63, 3.8) is 0 Å². The summed E-state index contributed by atoms with van der Waals surface area (Å²) in [5.74, 6) is -0.186. The minimum absolute atomic E-state index is 0.0774. The van der Waals surface area contributed by atoms with Gasteiger partial charge in [-0.1, -0.05) is 18.2 Å². The third kappa shape index (κ3) is 5.30. The van der Waals surface area contributed by atoms with Gasteiger partial charge in [0.25, 0.3) is 5.91 Å². The van der Waals surface area contributed by atoms with Crippen LogP contribution in [0.4, 0.5) is 10.5 Å². The highest BCUT2D eigenvalue weighted by Crippen LogP contribution is 2.19. The first kappa shape index (κ1) is 18.9. The number of amides is 3. The maximum absolute atomic E-state index is 12.0. The van der Waals surface area contributed by atoms with Gasteiger partial charge in [0.05, 0.1) is 11.4 Å². The number of anilines is 1. The summed E-state index contributed by atoms with van der Waals surface area (Å²) >= 11 is 1.39. The van der Waals surface area contributed by atoms with E-state index in [0.29, 0.717) is 44.0 Å². The first-order valence-electron chi connectivity index (χ1n) is 8.75. The second-order valence-electron chi connectivity index (χ2n) is 6.05. The molecule has 3 amide bonds. The minimum atomic E-state index is -0.346. The van der Waals surface area contributed by atoms with E-state index < -0.39 is 0 Å². The van der Waals surface area contributed by atoms with Gasteiger partial charge >= 0.3 is 6.09 Å². The Morgan fingerprint density at radius 2 is 2.07 bits per heavy atom. The van der Waals surface area contributed by atoms with Crippen LogP contribution in [0.25, 0.3) is 0 Å². The van der Waals surface area contributed by atoms with Crippen LogP contribution in [-0.2, 0) is 16.1 Å². The van der Waals surface area contributed by atoms with Crippen molar-refractivity contribution in [2.75, 3.05) is 24.6 Å². The van der Waals surface area contributed by atoms with E-state index in [1.807, 2.05) is 35.7 Å². The van der Waals surface area contributed by atoms with E-state index >= 15 is 0 Å². The molecule has 0 bridgehead atoms. The zero-order valence-corrected chi connectivity index (χ0v) is 15.6. The predicted octanol–water partition coefficient (Wildman–Crippen LogP) is 2.53. The smallest absolute Gasteiger partial charge is 0.414 e. The molecule has 1 aromatic heterocycles. The summed E-state index contributed by atoms with van der Waals surface area (Å²) < 4.78 is 4.94. The SMILES string of the molecule is O=C(CCCNC(=O)c1cccs1)NCc1cccc(N2CCOC2=O)c1. The van der Waals surface area contributed by atoms with Gasteiger partial charge in [-0.15, -0.1) is 11.3 Å². The van der Waals surface area contributed by atoms with Crippen LogP contribution in [0.2, 0.25) is 0 Å². The lowest BCUT2D eigenvalue weighted by molar-refractivity contribution is -0.121. The van der Waals surface area contributed by atoms with Crippen molar-refractivity contribution in [3.05, 3.63) is 52.2 Å². The normalized spacial score (nSPS) is 13.3. The molecule has 0 spiro atoms. The van der Waals surface area contributed by atoms with Gasteiger partial charge in [-0.3, -0.25) is 14.5 Å². The average molecular weight is 387 g/mol. The number of rotatable bonds is 8. The van der Waals surface area contributed by atoms with Crippen LogP contribution in [0.3, 0.4) is 0 Å². The largest absolute Gasteiger partial charge is 0.447 e. The Bertz CT molecular complexity index is 807. The molecule has 2 aromatic rings. The topological polar surface area (TPSA) is 87.7 Å². The lowest BCUT2D eigenvalue weighted by Gasteiger charge is -2.14. The Morgan fingerprint density at radius 3 is 2.81 bits per heavy atom. The molecule has 0 radical (unpaired) electrons. The van der Waals surface area contributed by atoms with Gasteiger partial charge < -0.3 is 15.4 Å². The van der Waals surface area contributed by atoms with E-state index in [1.54, 1.807) is 11.0 Å². The Kier molecular flexibility index (Phi) is 6.43. The summed E-state index contributed by atoms with van der Waals surface area (Å²) in [6, 6.07) is 11.1. The van der Waals surface area contributed by atoms with Crippen LogP contribution in [0, 0.1) is 0 Å². The molecule has 2 N–H and O–H groups in total. The fourth-order valence-electron chi connectivity index (χ4n) is 2.70. The van der Waals surface area contributed by atoms with E-state index in [9.17, 15) is 14.4 Å². The number of thiophene rings is 1. The molecule has 8 heteroatoms. The molecule has 1 aliphatic rings. The fraction of sp³-hybridized carbons (Fsp3) is 0.316. The maximum Gasteiger partial charge on any atom is 0.414 e. The standard InChI is InChI=1S/C19H21N3O4S/c23-17(7-2-8-20-18(24)16-6-3-11-27-16)21-13-14-4-1-5-15(12-14)22-9-10-26-19(22)25/h1,3-6,11-12H,2,7-10,13H2,(H,20,24)(H,21,23). The van der Waals surface area contributed by atoms with Crippen LogP contribution in [0.1, 0.15) is 28.1 Å². The second kappa shape index (κ2) is 9.18. The van der Waals surface area contributed by atoms with Crippen LogP contribution in [-0.4, -0.2) is 37.6 Å². The zero-order chi connectivity index (χ0) is 19.1. The third-order valence-corrected chi connectivity index (χ3v) is 4.95. The van der Waals surface area contributed by atoms with Crippen LogP contribution >= 0.6 is 11.3 Å². The van der Waals surface area contributed by atoms with E-state index in [0.717, 1.165) is 11.3 Å². The molecule has 0 unspecified atom stereocenters. The first-order chi connectivity index (χ1) is 13.1. The van der Waals surface area contributed by atoms with Crippen molar-refractivity contribution in [2.24, 2.45) is 0 Å². The van der Waals surface area contributed by atoms with Crippen molar-refractivity contribution in [1.29, 1.82) is 0 Å². The van der Waals surface area contributed by atoms with Gasteiger partial charge in [0.2, 0.25) is 5.91 Å². The Balaban J connectivity index is 1.38. The number of ether oxygens (including phenoxy) is 1. The van der Waals surface area contributed by atoms with Gasteiger partial charge in [-0.25, -0.2) is 4.79 Å². The Hall–Kier alpha value is -2.87. The van der Waals surface area contributed by atoms with Gasteiger partial charge in [-0.2, -0.15) is 0 Å². The molecule has 1 fully saturated rings. The maximum atomic E-state index is 12.0. The van der Waals surface area contributed by atoms with Gasteiger partial charge in [0.1, 0.15) is 6.61 Å². The van der Waals surface area contributed by atoms with E-state index in [2.05, 4.69) is 10.6 Å². The second-order valence-corrected chi connectivity index (χ2v) is 7.00. The molecule has 7 nitrogen and oxygen atoms in total. The number of hydrogen-bond acceptors (Lipinski definition) is 5. The molecule has 0 aliphatic carbocycles. The van der Waals surface area contributed by atoms with Gasteiger partial charge in [0.15, 0.2) is 0 Å². The summed E-state index contributed by atoms with van der Waals surface area (Å²) in [5, 5.41) is 7.51. The zero-order valence-electron chi connectivity index (χ0n) is 14.8. The molecule has 0 atom stereocenters. The molecule has 0 saturated carbocycles. The van der Waals surface area contributed by atoms with Crippen LogP contribution < -0.4 is 15.5 Å². The Labute approximate surface area is 161 Å². The van der Waals surface area contributed by atoms with Gasteiger partial charge in [0, 0.05) is 25.2 Å². The molecule has 1 saturated heterocycles. The van der Waals surface area contributed by atoms with Crippen molar-refractivity contribution >= 4 is 34.9 Å². The number of benzene rings is 1. The number of carbonyl (C=O) groups is 3. The summed E-state index contributed by atoms with van der Waals surface area (Å²) in [5.41, 5.74) is 1.67. The third-order valence-electron chi connectivity index (χ3n) is 4.08. The first-order valence-corrected chi connectivity index (χ1v) is 9.63. The Morgan fingerprint density at radius 1 is 1.19 bits per heavy atom. The molecule has 3 rings (SSSR count). The molecule has 2 heterocycles. The number of nitrogens with zero attached hydrogens (tertiary/aromatic N) is 1. The minimum Gasteiger partial charge on any atom is -0.447 e. The van der Waals surface area contributed by atoms with Gasteiger partial charge in [-0.05, 0) is 35.6 Å². The summed E-state index contributed by atoms with van der Waals surface area (Å²) in [6.07, 6.45) is 0.562. The molecule has 142 valence electrons. The predicted molar refractivity (Wildman–Crippen MR) is 103 cm³/mol. The van der Waals surface area contributed by atoms with E-state index in [1.165, 1.54) is 11.3 Å². The fourth-order valence-corrected chi connectivity index (χ4v) is 3.34. The molecule has 1 aromatic carbocycles. The summed E-state index contributed by atoms with van der Waals surface area (Å²) in [4.78, 5) is 37.6. The average Bonchev–Trinajstić information content (AvgIpc) is 3.35. The van der Waals surface area contributed by atoms with Crippen molar-refractivity contribution in [3.8, 4) is 0 Å². The van der Waals surface area contributed by atoms with Crippen LogP contribution in [0.15, 0.2) is 41.8 Å². The number of nitrogens with one attached hydrogen (secondary N) is 2. The van der Waals surface area contributed by atoms with E-state index in [4.69, 9.17) is 4.74 Å². The summed E-state index contributed by atoms with van der Waals surface area (Å²) in [7, 11) is 0. The quantitative estimate of drug-likeness (QED) is 0.682. The monoisotopic (exact) mass is 387 g/mol. The molecule has 1 aliphatic heterocycles. The number of carbonyl (C=O) groups excluding carboxylic acids is 3. The van der Waals surface area contributed by atoms with Crippen molar-refractivity contribution < 1.29 is 19.1 Å². The van der Waals surface area contributed by atoms with E-state index in [-0.39, 0.29) is 17.9 Å². The highest BCUT2D eigenvalue weighted by Gasteiger charge is 2.23. The highest BCUT2D eigenvalue weighted by molar-refractivity contribution is 7.12. The highest BCUT2D eigenvalue weighted by atomic mass is 32.1. The lowest BCUT2D eigenvalue weighted by atomic mass is 10.2. The lowest BCUT2D eigenvalue weighted by Crippen LogP contribution is -2.27. The molecular weight excluding hydrogens is 366 g/mol. The summed E-state index contributed by atoms with van der Waals surface area (Å²) in [6.45, 7) is 1.77. The van der Waals surface area contributed by atoms with Crippen molar-refractivity contribution in [2.45, 2.75) is 19.4 Å². The number of hydrogen-bond donors (Lipinski definition) is 2. The van der Waals surface area contributed by atoms with Crippen LogP contribution in [0.5, 0.6) is 0 Å². The number of cyclic esters (lactones) is 1. The molecule has 27 heavy (non-hydrogen) atoms.